The van der Waals surface area contributed by atoms with E-state index < -0.39 is 204 Å². The van der Waals surface area contributed by atoms with Crippen LogP contribution in [0.4, 0.5) is 0 Å². The molecule has 0 saturated heterocycles. The molecule has 0 spiro atoms. The standard InChI is InChI=1S/C58H36N2S/c1-3-15-37(16-4-1)53-54(38-17-5-2-6-18-38)58(51-36-42-19-7-8-23-44(42)46-24-10-12-27-49(46)51)61-57(53)43-21-13-20-41(35-43)45-31-32-50(48-26-11-9-25-47(45)48)52-33-30-40-29-28-39-22-14-34-59-55(39)56(40)60-52/h1-36H/i1D,2D,3D,4D,5D,6D,7D,8D,10D,12D,13D,15D,16D,17D,18D,19D,20D,21D,23D,24D,27D,35D,36D. The lowest BCUT2D eigenvalue weighted by Gasteiger charge is -2.14. The predicted octanol–water partition coefficient (Wildman–Crippen LogP) is 16.3. The van der Waals surface area contributed by atoms with Gasteiger partial charge in [-0.2, -0.15) is 0 Å². The highest BCUT2D eigenvalue weighted by Gasteiger charge is 2.25. The zero-order chi connectivity index (χ0) is 60.3. The van der Waals surface area contributed by atoms with E-state index in [1.807, 2.05) is 36.4 Å². The van der Waals surface area contributed by atoms with Crippen LogP contribution in [0.25, 0.3) is 120 Å². The first-order chi connectivity index (χ1) is 39.8. The van der Waals surface area contributed by atoms with E-state index in [2.05, 4.69) is 4.98 Å². The summed E-state index contributed by atoms with van der Waals surface area (Å²) in [5, 5.41) is 0.516. The lowest BCUT2D eigenvalue weighted by molar-refractivity contribution is 1.37. The van der Waals surface area contributed by atoms with Gasteiger partial charge in [0.05, 0.1) is 48.3 Å². The molecule has 0 aliphatic rings. The molecule has 0 aliphatic carbocycles. The number of pyridine rings is 2. The van der Waals surface area contributed by atoms with Crippen molar-refractivity contribution in [2.75, 3.05) is 0 Å². The average Bonchev–Trinajstić information content (AvgIpc) is 1.46. The molecule has 3 aromatic heterocycles. The molecular formula is C58H36N2S. The highest BCUT2D eigenvalue weighted by atomic mass is 32.1. The fourth-order valence-electron chi connectivity index (χ4n) is 7.86. The molecule has 0 aliphatic heterocycles. The average molecular weight is 816 g/mol. The van der Waals surface area contributed by atoms with Gasteiger partial charge in [0.2, 0.25) is 0 Å². The molecule has 12 rings (SSSR count). The van der Waals surface area contributed by atoms with Crippen LogP contribution in [0.15, 0.2) is 218 Å². The summed E-state index contributed by atoms with van der Waals surface area (Å²) in [6.45, 7) is 0. The van der Waals surface area contributed by atoms with Gasteiger partial charge in [-0.1, -0.05) is 188 Å². The van der Waals surface area contributed by atoms with Crippen molar-refractivity contribution in [3.05, 3.63) is 218 Å². The van der Waals surface area contributed by atoms with E-state index in [1.165, 1.54) is 0 Å². The Morgan fingerprint density at radius 1 is 0.377 bits per heavy atom. The highest BCUT2D eigenvalue weighted by Crippen LogP contribution is 2.54. The van der Waals surface area contributed by atoms with Gasteiger partial charge >= 0.3 is 0 Å². The van der Waals surface area contributed by atoms with Crippen molar-refractivity contribution < 1.29 is 31.5 Å². The summed E-state index contributed by atoms with van der Waals surface area (Å²) in [6.07, 6.45) is 1.67. The van der Waals surface area contributed by atoms with Crippen molar-refractivity contribution in [3.63, 3.8) is 0 Å². The summed E-state index contributed by atoms with van der Waals surface area (Å²) in [6, 6.07) is 1.86. The molecule has 12 aromatic rings. The van der Waals surface area contributed by atoms with E-state index >= 15 is 0 Å². The minimum atomic E-state index is -0.960. The number of rotatable bonds is 6. The molecule has 0 radical (unpaired) electrons. The van der Waals surface area contributed by atoms with Crippen LogP contribution < -0.4 is 0 Å². The maximum absolute atomic E-state index is 10.3. The van der Waals surface area contributed by atoms with Gasteiger partial charge in [0.15, 0.2) is 0 Å². The Labute approximate surface area is 390 Å². The SMILES string of the molecule is [2H]c1c([2H])c([2H])c(-c2c(-c3c([2H])c([2H])c([2H])c(-c4ccc(-c5ccc6ccc7cccnc7c6n5)c5ccccc45)c3[2H])sc(-c3c([2H])c4c([2H])c([2H])c([2H])c([2H])c4c4c([2H])c([2H])c([2H])c([2H])c34)c2-c2c([2H])c([2H])c([2H])c([2H])c2[2H])c([2H])c1[2H]. The second kappa shape index (κ2) is 14.5. The third-order valence-corrected chi connectivity index (χ3v) is 11.7. The minimum absolute atomic E-state index is 0.193. The highest BCUT2D eigenvalue weighted by molar-refractivity contribution is 7.20. The van der Waals surface area contributed by atoms with E-state index in [1.54, 1.807) is 42.6 Å². The molecule has 0 saturated carbocycles. The molecule has 61 heavy (non-hydrogen) atoms. The summed E-state index contributed by atoms with van der Waals surface area (Å²) in [7, 11) is 0. The Morgan fingerprint density at radius 3 is 1.77 bits per heavy atom. The van der Waals surface area contributed by atoms with E-state index in [-0.39, 0.29) is 11.1 Å². The first kappa shape index (κ1) is 19.1. The predicted molar refractivity (Wildman–Crippen MR) is 260 cm³/mol. The van der Waals surface area contributed by atoms with Crippen LogP contribution in [0, 0.1) is 0 Å². The van der Waals surface area contributed by atoms with Gasteiger partial charge in [-0.3, -0.25) is 4.98 Å². The molecule has 3 heterocycles. The Bertz CT molecular complexity index is 4960. The van der Waals surface area contributed by atoms with Crippen molar-refractivity contribution in [2.45, 2.75) is 0 Å². The Balaban J connectivity index is 1.29. The molecule has 284 valence electrons. The number of nitrogens with zero attached hydrogens (tertiary/aromatic N) is 2. The number of hydrogen-bond acceptors (Lipinski definition) is 3. The molecule has 0 N–H and O–H groups in total. The van der Waals surface area contributed by atoms with Crippen molar-refractivity contribution in [1.29, 1.82) is 0 Å². The lowest BCUT2D eigenvalue weighted by atomic mass is 9.88. The van der Waals surface area contributed by atoms with E-state index in [0.717, 1.165) is 10.8 Å². The van der Waals surface area contributed by atoms with Crippen LogP contribution in [0.5, 0.6) is 0 Å². The number of benzene rings is 9. The van der Waals surface area contributed by atoms with Gasteiger partial charge in [-0.15, -0.1) is 11.3 Å². The summed E-state index contributed by atoms with van der Waals surface area (Å²) in [4.78, 5) is 8.71. The van der Waals surface area contributed by atoms with E-state index in [4.69, 9.17) is 20.1 Å². The van der Waals surface area contributed by atoms with Crippen molar-refractivity contribution in [3.8, 4) is 65.5 Å². The lowest BCUT2D eigenvalue weighted by Crippen LogP contribution is -1.91. The third kappa shape index (κ3) is 5.93. The zero-order valence-corrected chi connectivity index (χ0v) is 32.1. The Morgan fingerprint density at radius 2 is 0.984 bits per heavy atom. The van der Waals surface area contributed by atoms with E-state index in [9.17, 15) is 16.4 Å². The smallest absolute Gasteiger partial charge is 0.0972 e. The monoisotopic (exact) mass is 815 g/mol. The summed E-state index contributed by atoms with van der Waals surface area (Å²) in [5.74, 6) is 0. The maximum atomic E-state index is 10.3. The largest absolute Gasteiger partial charge is 0.254 e. The van der Waals surface area contributed by atoms with Gasteiger partial charge < -0.3 is 0 Å². The summed E-state index contributed by atoms with van der Waals surface area (Å²) in [5.41, 5.74) is -1.48. The van der Waals surface area contributed by atoms with Gasteiger partial charge in [-0.25, -0.2) is 4.98 Å². The first-order valence-electron chi connectivity index (χ1n) is 30.4. The molecule has 0 amide bonds. The number of fused-ring (bicyclic) bond motifs is 7. The zero-order valence-electron chi connectivity index (χ0n) is 54.3. The molecule has 0 fully saturated rings. The quantitative estimate of drug-likeness (QED) is 0.156. The van der Waals surface area contributed by atoms with Gasteiger partial charge in [0.25, 0.3) is 0 Å². The van der Waals surface area contributed by atoms with Crippen molar-refractivity contribution >= 4 is 65.5 Å². The van der Waals surface area contributed by atoms with Crippen LogP contribution in [-0.2, 0) is 0 Å². The normalized spacial score (nSPS) is 16.9. The minimum Gasteiger partial charge on any atom is -0.254 e. The van der Waals surface area contributed by atoms with Crippen molar-refractivity contribution in [2.24, 2.45) is 0 Å². The summed E-state index contributed by atoms with van der Waals surface area (Å²) >= 11 is 0.445. The fourth-order valence-corrected chi connectivity index (χ4v) is 9.13. The van der Waals surface area contributed by atoms with Crippen LogP contribution in [-0.4, -0.2) is 9.97 Å². The third-order valence-electron chi connectivity index (χ3n) is 10.5. The molecule has 0 bridgehead atoms. The molecular weight excluding hydrogens is 757 g/mol. The van der Waals surface area contributed by atoms with Crippen LogP contribution in [0.3, 0.4) is 0 Å². The summed E-state index contributed by atoms with van der Waals surface area (Å²) < 4.78 is 212. The molecule has 0 unspecified atom stereocenters. The molecule has 9 aromatic carbocycles. The topological polar surface area (TPSA) is 25.8 Å². The second-order valence-corrected chi connectivity index (χ2v) is 14.9. The molecule has 0 atom stereocenters. The number of aromatic nitrogens is 2. The van der Waals surface area contributed by atoms with Crippen LogP contribution in [0.1, 0.15) is 31.5 Å². The van der Waals surface area contributed by atoms with Gasteiger partial charge in [0.1, 0.15) is 0 Å². The Kier molecular flexibility index (Phi) is 4.55. The second-order valence-electron chi connectivity index (χ2n) is 13.9. The molecule has 2 nitrogen and oxygen atoms in total. The number of thiophene rings is 1. The molecule has 3 heteroatoms. The van der Waals surface area contributed by atoms with E-state index in [0.29, 0.717) is 44.4 Å². The van der Waals surface area contributed by atoms with Crippen LogP contribution >= 0.6 is 11.3 Å². The Hall–Kier alpha value is -7.72. The number of hydrogen-bond donors (Lipinski definition) is 0. The first-order valence-corrected chi connectivity index (χ1v) is 19.7. The fraction of sp³-hybridized carbons (Fsp3) is 0. The van der Waals surface area contributed by atoms with Gasteiger partial charge in [-0.05, 0) is 84.4 Å². The maximum Gasteiger partial charge on any atom is 0.0972 e. The van der Waals surface area contributed by atoms with Crippen LogP contribution in [0.2, 0.25) is 0 Å². The van der Waals surface area contributed by atoms with Crippen molar-refractivity contribution in [1.82, 2.24) is 9.97 Å². The van der Waals surface area contributed by atoms with Gasteiger partial charge in [0, 0.05) is 49.0 Å².